The van der Waals surface area contributed by atoms with Gasteiger partial charge >= 0.3 is 5.08 Å². The van der Waals surface area contributed by atoms with Crippen molar-refractivity contribution in [1.82, 2.24) is 0 Å². The largest absolute Gasteiger partial charge is 0.491 e. The van der Waals surface area contributed by atoms with E-state index in [0.29, 0.717) is 18.0 Å². The number of ether oxygens (including phenoxy) is 1. The minimum atomic E-state index is 0.587. The summed E-state index contributed by atoms with van der Waals surface area (Å²) in [6.45, 7) is 2.48. The predicted molar refractivity (Wildman–Crippen MR) is 46.3 cm³/mol. The number of diazo groups is 1. The van der Waals surface area contributed by atoms with Crippen molar-refractivity contribution in [2.75, 3.05) is 12.0 Å². The van der Waals surface area contributed by atoms with Crippen LogP contribution in [0, 0.1) is 5.39 Å². The number of rotatable bonds is 3. The summed E-state index contributed by atoms with van der Waals surface area (Å²) in [5.41, 5.74) is 3.07. The van der Waals surface area contributed by atoms with E-state index in [-0.39, 0.29) is 0 Å². The molecule has 0 spiro atoms. The van der Waals surface area contributed by atoms with Crippen molar-refractivity contribution in [3.8, 4) is 5.75 Å². The van der Waals surface area contributed by atoms with Crippen LogP contribution in [0.2, 0.25) is 0 Å². The van der Waals surface area contributed by atoms with Crippen molar-refractivity contribution in [2.45, 2.75) is 6.92 Å². The van der Waals surface area contributed by atoms with Crippen LogP contribution >= 0.6 is 0 Å². The molecule has 0 aliphatic heterocycles. The molecule has 1 aromatic rings. The van der Waals surface area contributed by atoms with E-state index >= 15 is 0 Å². The van der Waals surface area contributed by atoms with Gasteiger partial charge in [-0.3, -0.25) is 0 Å². The minimum absolute atomic E-state index is 0.587. The standard InChI is InChI=1S/C8H10N3O/c1-2-12-8-6-4-3-5-7(8)10-11-9/h3-6,10H,2H2,1H3/q+1. The molecule has 0 bridgehead atoms. The molecule has 4 heteroatoms. The molecule has 0 aliphatic rings. The average molecular weight is 164 g/mol. The molecule has 0 aromatic heterocycles. The van der Waals surface area contributed by atoms with E-state index in [4.69, 9.17) is 10.1 Å². The third kappa shape index (κ3) is 1.86. The number of benzene rings is 1. The summed E-state index contributed by atoms with van der Waals surface area (Å²) < 4.78 is 5.26. The monoisotopic (exact) mass is 164 g/mol. The first-order valence-corrected chi connectivity index (χ1v) is 3.70. The molecule has 1 aromatic carbocycles. The summed E-state index contributed by atoms with van der Waals surface area (Å²) in [5.74, 6) is 0.679. The van der Waals surface area contributed by atoms with Crippen LogP contribution in [-0.4, -0.2) is 6.61 Å². The van der Waals surface area contributed by atoms with Gasteiger partial charge in [-0.25, -0.2) is 0 Å². The van der Waals surface area contributed by atoms with Crippen LogP contribution < -0.4 is 10.2 Å². The second-order valence-corrected chi connectivity index (χ2v) is 2.14. The normalized spacial score (nSPS) is 8.67. The average Bonchev–Trinajstić information content (AvgIpc) is 2.09. The fraction of sp³-hybridized carbons (Fsp3) is 0.250. The smallest absolute Gasteiger partial charge is 0.308 e. The third-order valence-electron chi connectivity index (χ3n) is 1.36. The van der Waals surface area contributed by atoms with Gasteiger partial charge in [-0.1, -0.05) is 12.1 Å². The quantitative estimate of drug-likeness (QED) is 0.550. The Morgan fingerprint density at radius 2 is 2.25 bits per heavy atom. The highest BCUT2D eigenvalue weighted by atomic mass is 16.5. The highest BCUT2D eigenvalue weighted by Crippen LogP contribution is 2.23. The van der Waals surface area contributed by atoms with Gasteiger partial charge in [0.15, 0.2) is 5.69 Å². The van der Waals surface area contributed by atoms with E-state index in [0.717, 1.165) is 0 Å². The summed E-state index contributed by atoms with van der Waals surface area (Å²) >= 11 is 0. The fourth-order valence-electron chi connectivity index (χ4n) is 0.894. The maximum atomic E-state index is 8.27. The van der Waals surface area contributed by atoms with Crippen molar-refractivity contribution in [1.29, 1.82) is 5.39 Å². The Hall–Kier alpha value is -1.76. The molecule has 1 rings (SSSR count). The van der Waals surface area contributed by atoms with Gasteiger partial charge in [0.2, 0.25) is 0 Å². The Morgan fingerprint density at radius 3 is 2.92 bits per heavy atom. The maximum absolute atomic E-state index is 8.27. The Kier molecular flexibility index (Phi) is 2.91. The molecule has 62 valence electrons. The number of nitrogens with one attached hydrogen (secondary N) is 1. The van der Waals surface area contributed by atoms with E-state index in [1.807, 2.05) is 19.1 Å². The van der Waals surface area contributed by atoms with Crippen LogP contribution in [-0.2, 0) is 0 Å². The second-order valence-electron chi connectivity index (χ2n) is 2.14. The van der Waals surface area contributed by atoms with Crippen LogP contribution in [0.4, 0.5) is 5.69 Å². The van der Waals surface area contributed by atoms with Crippen molar-refractivity contribution in [3.05, 3.63) is 29.4 Å². The van der Waals surface area contributed by atoms with Gasteiger partial charge in [0, 0.05) is 0 Å². The molecule has 0 fully saturated rings. The molecule has 0 saturated carbocycles. The number of anilines is 1. The summed E-state index contributed by atoms with van der Waals surface area (Å²) in [6.07, 6.45) is 0. The van der Waals surface area contributed by atoms with Gasteiger partial charge in [0.25, 0.3) is 5.39 Å². The molecular formula is C8H10N3O+. The molecule has 0 radical (unpaired) electrons. The Bertz CT molecular complexity index is 293. The van der Waals surface area contributed by atoms with E-state index in [1.165, 1.54) is 0 Å². The maximum Gasteiger partial charge on any atom is 0.308 e. The van der Waals surface area contributed by atoms with Crippen molar-refractivity contribution in [2.24, 2.45) is 0 Å². The van der Waals surface area contributed by atoms with Crippen LogP contribution in [0.25, 0.3) is 5.08 Å². The van der Waals surface area contributed by atoms with Crippen molar-refractivity contribution >= 4 is 5.69 Å². The van der Waals surface area contributed by atoms with Crippen LogP contribution in [0.5, 0.6) is 5.75 Å². The molecule has 0 saturated heterocycles. The predicted octanol–water partition coefficient (Wildman–Crippen LogP) is 2.27. The van der Waals surface area contributed by atoms with E-state index < -0.39 is 0 Å². The highest BCUT2D eigenvalue weighted by Gasteiger charge is 2.04. The van der Waals surface area contributed by atoms with Gasteiger partial charge in [0.1, 0.15) is 5.75 Å². The van der Waals surface area contributed by atoms with E-state index in [1.54, 1.807) is 12.1 Å². The lowest BCUT2D eigenvalue weighted by atomic mass is 10.3. The summed E-state index contributed by atoms with van der Waals surface area (Å²) in [5, 5.41) is 11.1. The van der Waals surface area contributed by atoms with Gasteiger partial charge in [0.05, 0.1) is 6.61 Å². The van der Waals surface area contributed by atoms with Crippen LogP contribution in [0.1, 0.15) is 6.92 Å². The highest BCUT2D eigenvalue weighted by molar-refractivity contribution is 5.56. The van der Waals surface area contributed by atoms with Crippen LogP contribution in [0.15, 0.2) is 24.3 Å². The molecular weight excluding hydrogens is 154 g/mol. The zero-order valence-corrected chi connectivity index (χ0v) is 6.82. The number of hydrogen-bond donors (Lipinski definition) is 1. The van der Waals surface area contributed by atoms with Crippen molar-refractivity contribution in [3.63, 3.8) is 0 Å². The Morgan fingerprint density at radius 1 is 1.50 bits per heavy atom. The number of nitrogens with zero attached hydrogens (tertiary/aromatic N) is 2. The zero-order chi connectivity index (χ0) is 8.81. The van der Waals surface area contributed by atoms with Gasteiger partial charge in [-0.2, -0.15) is 0 Å². The van der Waals surface area contributed by atoms with E-state index in [9.17, 15) is 0 Å². The summed E-state index contributed by atoms with van der Waals surface area (Å²) in [4.78, 5) is 0. The molecule has 0 atom stereocenters. The SMILES string of the molecule is CCOc1ccccc1N[N+]#N. The topological polar surface area (TPSA) is 49.4 Å². The Labute approximate surface area is 70.8 Å². The molecule has 1 N–H and O–H groups in total. The van der Waals surface area contributed by atoms with Crippen LogP contribution in [0.3, 0.4) is 0 Å². The zero-order valence-electron chi connectivity index (χ0n) is 6.82. The lowest BCUT2D eigenvalue weighted by molar-refractivity contribution is 0.342. The first kappa shape index (κ1) is 8.34. The molecule has 0 unspecified atom stereocenters. The lowest BCUT2D eigenvalue weighted by Crippen LogP contribution is -1.95. The first-order valence-electron chi connectivity index (χ1n) is 3.70. The van der Waals surface area contributed by atoms with Gasteiger partial charge in [-0.15, -0.1) is 0 Å². The fourth-order valence-corrected chi connectivity index (χ4v) is 0.894. The third-order valence-corrected chi connectivity index (χ3v) is 1.36. The van der Waals surface area contributed by atoms with Crippen molar-refractivity contribution < 1.29 is 4.74 Å². The second kappa shape index (κ2) is 4.19. The number of para-hydroxylation sites is 2. The molecule has 0 amide bonds. The summed E-state index contributed by atoms with van der Waals surface area (Å²) in [7, 11) is 0. The van der Waals surface area contributed by atoms with Gasteiger partial charge in [-0.05, 0) is 24.5 Å². The molecule has 0 aliphatic carbocycles. The summed E-state index contributed by atoms with van der Waals surface area (Å²) in [6, 6.07) is 7.26. The molecule has 12 heavy (non-hydrogen) atoms. The molecule has 0 heterocycles. The van der Waals surface area contributed by atoms with E-state index in [2.05, 4.69) is 10.5 Å². The molecule has 4 nitrogen and oxygen atoms in total. The minimum Gasteiger partial charge on any atom is -0.491 e. The van der Waals surface area contributed by atoms with Gasteiger partial charge < -0.3 is 4.74 Å². The Balaban J connectivity index is 2.85. The number of hydrogen-bond acceptors (Lipinski definition) is 3. The first-order chi connectivity index (χ1) is 5.88. The lowest BCUT2D eigenvalue weighted by Gasteiger charge is -2.03.